The lowest BCUT2D eigenvalue weighted by molar-refractivity contribution is -0.122. The second-order valence-corrected chi connectivity index (χ2v) is 6.09. The smallest absolute Gasteiger partial charge is 0.278 e. The number of carbonyl (C=O) groups excluding carboxylic acids is 1. The highest BCUT2D eigenvalue weighted by Crippen LogP contribution is 2.31. The van der Waals surface area contributed by atoms with Gasteiger partial charge in [0.05, 0.1) is 0 Å². The van der Waals surface area contributed by atoms with Gasteiger partial charge in [-0.25, -0.2) is 4.99 Å². The van der Waals surface area contributed by atoms with Crippen molar-refractivity contribution in [3.63, 3.8) is 0 Å². The first-order valence-corrected chi connectivity index (χ1v) is 7.60. The van der Waals surface area contributed by atoms with E-state index >= 15 is 0 Å². The summed E-state index contributed by atoms with van der Waals surface area (Å²) in [6, 6.07) is 5.26. The van der Waals surface area contributed by atoms with E-state index in [-0.39, 0.29) is 5.91 Å². The number of halogens is 2. The molecule has 0 bridgehead atoms. The third-order valence-corrected chi connectivity index (χ3v) is 4.67. The molecule has 2 heterocycles. The Balaban J connectivity index is 2.01. The molecule has 1 saturated heterocycles. The summed E-state index contributed by atoms with van der Waals surface area (Å²) in [5.74, 6) is 0.932. The van der Waals surface area contributed by atoms with E-state index in [0.717, 1.165) is 23.9 Å². The first-order valence-electron chi connectivity index (χ1n) is 5.86. The van der Waals surface area contributed by atoms with Gasteiger partial charge in [0.2, 0.25) is 0 Å². The Hall–Kier alpha value is -0.970. The molecule has 0 radical (unpaired) electrons. The van der Waals surface area contributed by atoms with E-state index in [1.165, 1.54) is 0 Å². The van der Waals surface area contributed by atoms with Gasteiger partial charge < -0.3 is 0 Å². The molecule has 2 aliphatic rings. The largest absolute Gasteiger partial charge is 0.286 e. The molecule has 1 aromatic rings. The maximum Gasteiger partial charge on any atom is 0.278 e. The normalized spacial score (nSPS) is 20.7. The van der Waals surface area contributed by atoms with Gasteiger partial charge in [0.1, 0.15) is 5.70 Å². The van der Waals surface area contributed by atoms with Crippen LogP contribution in [0.1, 0.15) is 12.0 Å². The molecule has 98 valence electrons. The number of hydrogen-bond acceptors (Lipinski definition) is 3. The van der Waals surface area contributed by atoms with Crippen LogP contribution in [-0.2, 0) is 4.79 Å². The fourth-order valence-corrected chi connectivity index (χ4v) is 3.46. The molecule has 6 heteroatoms. The highest BCUT2D eigenvalue weighted by atomic mass is 35.5. The summed E-state index contributed by atoms with van der Waals surface area (Å²) in [5.41, 5.74) is 1.04. The van der Waals surface area contributed by atoms with Crippen molar-refractivity contribution in [1.82, 2.24) is 4.90 Å². The number of rotatable bonds is 1. The van der Waals surface area contributed by atoms with E-state index in [9.17, 15) is 4.79 Å². The summed E-state index contributed by atoms with van der Waals surface area (Å²) < 4.78 is 0. The van der Waals surface area contributed by atoms with Crippen molar-refractivity contribution in [3.05, 3.63) is 39.5 Å². The van der Waals surface area contributed by atoms with Crippen LogP contribution in [0.15, 0.2) is 28.9 Å². The van der Waals surface area contributed by atoms with Gasteiger partial charge in [-0.15, -0.1) is 0 Å². The van der Waals surface area contributed by atoms with Gasteiger partial charge in [0, 0.05) is 27.9 Å². The van der Waals surface area contributed by atoms with Crippen molar-refractivity contribution in [2.24, 2.45) is 4.99 Å². The van der Waals surface area contributed by atoms with Gasteiger partial charge in [-0.3, -0.25) is 9.69 Å². The SMILES string of the molecule is O=C1/C(=C/c2c(Cl)cccc2Cl)N=C2SCCCN12. The van der Waals surface area contributed by atoms with Crippen molar-refractivity contribution in [1.29, 1.82) is 0 Å². The molecule has 3 rings (SSSR count). The summed E-state index contributed by atoms with van der Waals surface area (Å²) >= 11 is 13.8. The zero-order valence-electron chi connectivity index (χ0n) is 9.90. The van der Waals surface area contributed by atoms with E-state index in [1.54, 1.807) is 40.9 Å². The minimum absolute atomic E-state index is 0.0711. The fourth-order valence-electron chi connectivity index (χ4n) is 2.01. The van der Waals surface area contributed by atoms with Crippen molar-refractivity contribution in [3.8, 4) is 0 Å². The summed E-state index contributed by atoms with van der Waals surface area (Å²) in [6.07, 6.45) is 2.66. The molecular weight excluding hydrogens is 303 g/mol. The quantitative estimate of drug-likeness (QED) is 0.741. The van der Waals surface area contributed by atoms with Crippen LogP contribution in [0.5, 0.6) is 0 Å². The first kappa shape index (κ1) is 13.0. The lowest BCUT2D eigenvalue weighted by Gasteiger charge is -2.21. The average Bonchev–Trinajstić information content (AvgIpc) is 2.72. The molecule has 19 heavy (non-hydrogen) atoms. The van der Waals surface area contributed by atoms with Crippen molar-refractivity contribution >= 4 is 52.1 Å². The molecule has 0 aromatic heterocycles. The summed E-state index contributed by atoms with van der Waals surface area (Å²) in [5, 5.41) is 1.82. The van der Waals surface area contributed by atoms with Crippen molar-refractivity contribution < 1.29 is 4.79 Å². The third kappa shape index (κ3) is 2.40. The number of amides is 1. The van der Waals surface area contributed by atoms with Crippen LogP contribution in [0.25, 0.3) is 6.08 Å². The van der Waals surface area contributed by atoms with Gasteiger partial charge in [-0.05, 0) is 24.6 Å². The number of amidine groups is 1. The minimum atomic E-state index is -0.0711. The Kier molecular flexibility index (Phi) is 3.56. The van der Waals surface area contributed by atoms with E-state index in [0.29, 0.717) is 21.3 Å². The highest BCUT2D eigenvalue weighted by Gasteiger charge is 2.32. The second-order valence-electron chi connectivity index (χ2n) is 4.22. The predicted molar refractivity (Wildman–Crippen MR) is 80.7 cm³/mol. The zero-order chi connectivity index (χ0) is 13.4. The van der Waals surface area contributed by atoms with Crippen LogP contribution in [0.3, 0.4) is 0 Å². The molecule has 1 aromatic carbocycles. The summed E-state index contributed by atoms with van der Waals surface area (Å²) in [6.45, 7) is 0.734. The van der Waals surface area contributed by atoms with Crippen LogP contribution in [0, 0.1) is 0 Å². The average molecular weight is 313 g/mol. The number of aliphatic imine (C=N–C) groups is 1. The van der Waals surface area contributed by atoms with Crippen molar-refractivity contribution in [2.75, 3.05) is 12.3 Å². The number of nitrogens with zero attached hydrogens (tertiary/aromatic N) is 2. The van der Waals surface area contributed by atoms with Crippen LogP contribution >= 0.6 is 35.0 Å². The molecule has 1 fully saturated rings. The molecule has 1 amide bonds. The Labute approximate surface area is 125 Å². The molecular formula is C13H10Cl2N2OS. The zero-order valence-corrected chi connectivity index (χ0v) is 12.2. The van der Waals surface area contributed by atoms with Crippen LogP contribution in [0.4, 0.5) is 0 Å². The maximum absolute atomic E-state index is 12.2. The number of carbonyl (C=O) groups is 1. The molecule has 0 aliphatic carbocycles. The molecule has 0 spiro atoms. The lowest BCUT2D eigenvalue weighted by atomic mass is 10.2. The van der Waals surface area contributed by atoms with Gasteiger partial charge in [-0.2, -0.15) is 0 Å². The van der Waals surface area contributed by atoms with Crippen LogP contribution in [0.2, 0.25) is 10.0 Å². The van der Waals surface area contributed by atoms with Crippen molar-refractivity contribution in [2.45, 2.75) is 6.42 Å². The van der Waals surface area contributed by atoms with Gasteiger partial charge in [-0.1, -0.05) is 41.0 Å². The number of thioether (sulfide) groups is 1. The monoisotopic (exact) mass is 312 g/mol. The number of benzene rings is 1. The Bertz CT molecular complexity index is 592. The standard InChI is InChI=1S/C13H10Cl2N2OS/c14-9-3-1-4-10(15)8(9)7-11-12(18)17-5-2-6-19-13(17)16-11/h1,3-4,7H,2,5-6H2/b11-7-. The molecule has 0 unspecified atom stereocenters. The lowest BCUT2D eigenvalue weighted by Crippen LogP contribution is -2.34. The minimum Gasteiger partial charge on any atom is -0.286 e. The van der Waals surface area contributed by atoms with E-state index in [1.807, 2.05) is 0 Å². The maximum atomic E-state index is 12.2. The van der Waals surface area contributed by atoms with Crippen LogP contribution < -0.4 is 0 Å². The summed E-state index contributed by atoms with van der Waals surface area (Å²) in [4.78, 5) is 18.3. The first-order chi connectivity index (χ1) is 9.16. The molecule has 0 saturated carbocycles. The molecule has 0 atom stereocenters. The fraction of sp³-hybridized carbons (Fsp3) is 0.231. The number of hydrogen-bond donors (Lipinski definition) is 0. The number of fused-ring (bicyclic) bond motifs is 1. The predicted octanol–water partition coefficient (Wildman–Crippen LogP) is 3.67. The van der Waals surface area contributed by atoms with E-state index in [4.69, 9.17) is 23.2 Å². The Morgan fingerprint density at radius 1 is 1.32 bits per heavy atom. The topological polar surface area (TPSA) is 32.7 Å². The Morgan fingerprint density at radius 3 is 2.74 bits per heavy atom. The second kappa shape index (κ2) is 5.19. The van der Waals surface area contributed by atoms with E-state index < -0.39 is 0 Å². The molecule has 3 nitrogen and oxygen atoms in total. The summed E-state index contributed by atoms with van der Waals surface area (Å²) in [7, 11) is 0. The van der Waals surface area contributed by atoms with Crippen LogP contribution in [-0.4, -0.2) is 28.3 Å². The van der Waals surface area contributed by atoms with Gasteiger partial charge in [0.25, 0.3) is 5.91 Å². The Morgan fingerprint density at radius 2 is 2.05 bits per heavy atom. The molecule has 0 N–H and O–H groups in total. The highest BCUT2D eigenvalue weighted by molar-refractivity contribution is 8.13. The van der Waals surface area contributed by atoms with Gasteiger partial charge >= 0.3 is 0 Å². The third-order valence-electron chi connectivity index (χ3n) is 2.95. The van der Waals surface area contributed by atoms with Gasteiger partial charge in [0.15, 0.2) is 5.17 Å². The van der Waals surface area contributed by atoms with E-state index in [2.05, 4.69) is 4.99 Å². The molecule has 2 aliphatic heterocycles.